The summed E-state index contributed by atoms with van der Waals surface area (Å²) in [5, 5.41) is 2.62. The van der Waals surface area contributed by atoms with E-state index in [-0.39, 0.29) is 23.7 Å². The van der Waals surface area contributed by atoms with Crippen LogP contribution in [-0.4, -0.2) is 18.2 Å². The van der Waals surface area contributed by atoms with Crippen molar-refractivity contribution < 1.29 is 9.59 Å². The standard InChI is InChI=1S/C10H19NO2/c1-5-6-10(3,4)9(13)11-7-8(2)12/h5-7H2,1-4H3,(H,11,13). The van der Waals surface area contributed by atoms with E-state index in [1.54, 1.807) is 0 Å². The van der Waals surface area contributed by atoms with E-state index >= 15 is 0 Å². The van der Waals surface area contributed by atoms with Crippen molar-refractivity contribution in [3.8, 4) is 0 Å². The highest BCUT2D eigenvalue weighted by atomic mass is 16.2. The molecule has 13 heavy (non-hydrogen) atoms. The Morgan fingerprint density at radius 2 is 1.85 bits per heavy atom. The average molecular weight is 185 g/mol. The molecule has 0 aromatic heterocycles. The molecule has 1 N–H and O–H groups in total. The monoisotopic (exact) mass is 185 g/mol. The summed E-state index contributed by atoms with van der Waals surface area (Å²) < 4.78 is 0. The van der Waals surface area contributed by atoms with Crippen molar-refractivity contribution in [2.75, 3.05) is 6.54 Å². The Labute approximate surface area is 79.9 Å². The highest BCUT2D eigenvalue weighted by Crippen LogP contribution is 2.21. The van der Waals surface area contributed by atoms with Gasteiger partial charge in [-0.25, -0.2) is 0 Å². The zero-order valence-corrected chi connectivity index (χ0v) is 8.94. The van der Waals surface area contributed by atoms with E-state index in [0.717, 1.165) is 12.8 Å². The molecule has 0 aromatic carbocycles. The molecular formula is C10H19NO2. The number of carbonyl (C=O) groups excluding carboxylic acids is 2. The van der Waals surface area contributed by atoms with E-state index in [4.69, 9.17) is 0 Å². The quantitative estimate of drug-likeness (QED) is 0.705. The number of rotatable bonds is 5. The van der Waals surface area contributed by atoms with Crippen molar-refractivity contribution in [1.29, 1.82) is 0 Å². The molecule has 0 spiro atoms. The SMILES string of the molecule is CCCC(C)(C)C(=O)NCC(C)=O. The Kier molecular flexibility index (Phi) is 4.67. The summed E-state index contributed by atoms with van der Waals surface area (Å²) >= 11 is 0. The van der Waals surface area contributed by atoms with Crippen LogP contribution in [0.5, 0.6) is 0 Å². The minimum Gasteiger partial charge on any atom is -0.349 e. The first-order valence-electron chi connectivity index (χ1n) is 4.68. The van der Waals surface area contributed by atoms with Gasteiger partial charge in [-0.15, -0.1) is 0 Å². The Hall–Kier alpha value is -0.860. The first-order valence-corrected chi connectivity index (χ1v) is 4.68. The fraction of sp³-hybridized carbons (Fsp3) is 0.800. The number of ketones is 1. The van der Waals surface area contributed by atoms with Crippen molar-refractivity contribution >= 4 is 11.7 Å². The van der Waals surface area contributed by atoms with E-state index < -0.39 is 0 Å². The van der Waals surface area contributed by atoms with Crippen LogP contribution in [0.4, 0.5) is 0 Å². The highest BCUT2D eigenvalue weighted by Gasteiger charge is 2.25. The van der Waals surface area contributed by atoms with E-state index in [2.05, 4.69) is 5.32 Å². The fourth-order valence-corrected chi connectivity index (χ4v) is 1.18. The van der Waals surface area contributed by atoms with Crippen LogP contribution >= 0.6 is 0 Å². The fourth-order valence-electron chi connectivity index (χ4n) is 1.18. The summed E-state index contributed by atoms with van der Waals surface area (Å²) in [5.41, 5.74) is -0.357. The second-order valence-corrected chi connectivity index (χ2v) is 4.02. The van der Waals surface area contributed by atoms with Crippen molar-refractivity contribution in [3.63, 3.8) is 0 Å². The Balaban J connectivity index is 4.01. The minimum atomic E-state index is -0.357. The molecule has 0 atom stereocenters. The minimum absolute atomic E-state index is 0.0133. The normalized spacial score (nSPS) is 11.1. The third-order valence-electron chi connectivity index (χ3n) is 1.99. The largest absolute Gasteiger partial charge is 0.349 e. The number of amides is 1. The molecule has 3 nitrogen and oxygen atoms in total. The smallest absolute Gasteiger partial charge is 0.226 e. The van der Waals surface area contributed by atoms with Gasteiger partial charge in [-0.3, -0.25) is 9.59 Å². The van der Waals surface area contributed by atoms with Crippen LogP contribution in [0.2, 0.25) is 0 Å². The molecule has 0 fully saturated rings. The molecule has 0 aliphatic carbocycles. The second kappa shape index (κ2) is 5.00. The van der Waals surface area contributed by atoms with Gasteiger partial charge in [0, 0.05) is 5.41 Å². The number of Topliss-reactive ketones (excluding diaryl/α,β-unsaturated/α-hetero) is 1. The zero-order chi connectivity index (χ0) is 10.5. The van der Waals surface area contributed by atoms with Gasteiger partial charge in [-0.05, 0) is 13.3 Å². The Morgan fingerprint density at radius 3 is 2.23 bits per heavy atom. The first-order chi connectivity index (χ1) is 5.90. The molecule has 0 saturated carbocycles. The van der Waals surface area contributed by atoms with E-state index in [9.17, 15) is 9.59 Å². The summed E-state index contributed by atoms with van der Waals surface area (Å²) in [5.74, 6) is -0.0507. The maximum absolute atomic E-state index is 11.5. The lowest BCUT2D eigenvalue weighted by Crippen LogP contribution is -2.39. The first kappa shape index (κ1) is 12.1. The van der Waals surface area contributed by atoms with Crippen LogP contribution in [0.15, 0.2) is 0 Å². The summed E-state index contributed by atoms with van der Waals surface area (Å²) in [7, 11) is 0. The third-order valence-corrected chi connectivity index (χ3v) is 1.99. The van der Waals surface area contributed by atoms with Gasteiger partial charge >= 0.3 is 0 Å². The van der Waals surface area contributed by atoms with E-state index in [0.29, 0.717) is 0 Å². The summed E-state index contributed by atoms with van der Waals surface area (Å²) in [4.78, 5) is 22.1. The molecule has 76 valence electrons. The molecule has 3 heteroatoms. The summed E-state index contributed by atoms with van der Waals surface area (Å²) in [6.07, 6.45) is 1.82. The van der Waals surface area contributed by atoms with Gasteiger partial charge in [0.2, 0.25) is 5.91 Å². The molecule has 0 radical (unpaired) electrons. The lowest BCUT2D eigenvalue weighted by atomic mass is 9.87. The third kappa shape index (κ3) is 4.65. The number of hydrogen-bond acceptors (Lipinski definition) is 2. The number of hydrogen-bond donors (Lipinski definition) is 1. The predicted molar refractivity (Wildman–Crippen MR) is 52.4 cm³/mol. The van der Waals surface area contributed by atoms with Crippen LogP contribution in [0.1, 0.15) is 40.5 Å². The Morgan fingerprint density at radius 1 is 1.31 bits per heavy atom. The van der Waals surface area contributed by atoms with Gasteiger partial charge in [-0.2, -0.15) is 0 Å². The van der Waals surface area contributed by atoms with Crippen LogP contribution in [0.3, 0.4) is 0 Å². The molecule has 0 aliphatic heterocycles. The van der Waals surface area contributed by atoms with Crippen molar-refractivity contribution in [1.82, 2.24) is 5.32 Å². The molecular weight excluding hydrogens is 166 g/mol. The highest BCUT2D eigenvalue weighted by molar-refractivity contribution is 5.87. The van der Waals surface area contributed by atoms with E-state index in [1.165, 1.54) is 6.92 Å². The van der Waals surface area contributed by atoms with E-state index in [1.807, 2.05) is 20.8 Å². The van der Waals surface area contributed by atoms with Gasteiger partial charge < -0.3 is 5.32 Å². The molecule has 1 amide bonds. The van der Waals surface area contributed by atoms with Crippen LogP contribution in [0, 0.1) is 5.41 Å². The lowest BCUT2D eigenvalue weighted by Gasteiger charge is -2.22. The topological polar surface area (TPSA) is 46.2 Å². The summed E-state index contributed by atoms with van der Waals surface area (Å²) in [6.45, 7) is 7.44. The maximum Gasteiger partial charge on any atom is 0.226 e. The summed E-state index contributed by atoms with van der Waals surface area (Å²) in [6, 6.07) is 0. The molecule has 0 aromatic rings. The molecule has 0 heterocycles. The number of nitrogens with one attached hydrogen (secondary N) is 1. The van der Waals surface area contributed by atoms with Gasteiger partial charge in [-0.1, -0.05) is 27.2 Å². The molecule has 0 bridgehead atoms. The van der Waals surface area contributed by atoms with Crippen molar-refractivity contribution in [3.05, 3.63) is 0 Å². The molecule has 0 unspecified atom stereocenters. The van der Waals surface area contributed by atoms with Gasteiger partial charge in [0.05, 0.1) is 6.54 Å². The van der Waals surface area contributed by atoms with Crippen molar-refractivity contribution in [2.24, 2.45) is 5.41 Å². The van der Waals surface area contributed by atoms with Gasteiger partial charge in [0.1, 0.15) is 5.78 Å². The average Bonchev–Trinajstić information content (AvgIpc) is 1.99. The maximum atomic E-state index is 11.5. The Bertz CT molecular complexity index is 197. The lowest BCUT2D eigenvalue weighted by molar-refractivity contribution is -0.131. The van der Waals surface area contributed by atoms with Gasteiger partial charge in [0.25, 0.3) is 0 Å². The van der Waals surface area contributed by atoms with Crippen LogP contribution < -0.4 is 5.32 Å². The van der Waals surface area contributed by atoms with Gasteiger partial charge in [0.15, 0.2) is 0 Å². The van der Waals surface area contributed by atoms with Crippen LogP contribution in [-0.2, 0) is 9.59 Å². The van der Waals surface area contributed by atoms with Crippen molar-refractivity contribution in [2.45, 2.75) is 40.5 Å². The molecule has 0 rings (SSSR count). The second-order valence-electron chi connectivity index (χ2n) is 4.02. The number of carbonyl (C=O) groups is 2. The van der Waals surface area contributed by atoms with Crippen LogP contribution in [0.25, 0.3) is 0 Å². The zero-order valence-electron chi connectivity index (χ0n) is 8.94. The molecule has 0 saturated heterocycles. The predicted octanol–water partition coefficient (Wildman–Crippen LogP) is 1.52. The molecule has 0 aliphatic rings.